The maximum Gasteiger partial charge on any atom is 0.298 e. The Morgan fingerprint density at radius 2 is 1.55 bits per heavy atom. The first-order valence-corrected chi connectivity index (χ1v) is 11.7. The Labute approximate surface area is 232 Å². The average molecular weight is 502 g/mol. The molecule has 0 saturated heterocycles. The van der Waals surface area contributed by atoms with E-state index in [2.05, 4.69) is 9.97 Å². The Bertz CT molecular complexity index is 1750. The molecule has 0 bridgehead atoms. The van der Waals surface area contributed by atoms with E-state index in [0.29, 0.717) is 16.5 Å². The summed E-state index contributed by atoms with van der Waals surface area (Å²) in [6.07, 6.45) is 1.56. The number of nitrogens with zero attached hydrogens (tertiary/aromatic N) is 2. The van der Waals surface area contributed by atoms with Crippen LogP contribution in [0.1, 0.15) is 0 Å². The fourth-order valence-electron chi connectivity index (χ4n) is 3.50. The zero-order valence-electron chi connectivity index (χ0n) is 17.4. The summed E-state index contributed by atoms with van der Waals surface area (Å²) < 4.78 is 71.8. The van der Waals surface area contributed by atoms with E-state index >= 15 is 0 Å². The van der Waals surface area contributed by atoms with Gasteiger partial charge in [-0.05, 0) is 35.7 Å². The molecule has 0 aliphatic heterocycles. The summed E-state index contributed by atoms with van der Waals surface area (Å²) >= 11 is 0. The third kappa shape index (κ3) is 4.76. The van der Waals surface area contributed by atoms with Gasteiger partial charge < -0.3 is 4.42 Å². The second kappa shape index (κ2) is 9.34. The minimum Gasteiger partial charge on any atom is -0.435 e. The molecule has 13 heteroatoms. The zero-order chi connectivity index (χ0) is 22.0. The van der Waals surface area contributed by atoms with Gasteiger partial charge in [0, 0.05) is 81.6 Å². The summed E-state index contributed by atoms with van der Waals surface area (Å²) in [7, 11) is -9.26. The van der Waals surface area contributed by atoms with E-state index in [-0.39, 0.29) is 81.5 Å². The molecular formula is C20H12N2Na2O7S2. The molecule has 2 heterocycles. The van der Waals surface area contributed by atoms with Crippen LogP contribution in [0.3, 0.4) is 0 Å². The van der Waals surface area contributed by atoms with Gasteiger partial charge >= 0.3 is 0 Å². The van der Waals surface area contributed by atoms with Gasteiger partial charge in [0.2, 0.25) is 5.89 Å². The van der Waals surface area contributed by atoms with E-state index in [4.69, 9.17) is 4.42 Å². The number of pyridine rings is 1. The van der Waals surface area contributed by atoms with Crippen LogP contribution in [0.2, 0.25) is 0 Å². The topological polar surface area (TPSA) is 148 Å². The van der Waals surface area contributed by atoms with Crippen molar-refractivity contribution in [1.82, 2.24) is 9.97 Å². The number of hydrogen-bond donors (Lipinski definition) is 2. The van der Waals surface area contributed by atoms with Gasteiger partial charge in [-0.1, -0.05) is 24.3 Å². The van der Waals surface area contributed by atoms with Crippen LogP contribution in [0, 0.1) is 0 Å². The maximum absolute atomic E-state index is 12.0. The molecule has 9 nitrogen and oxygen atoms in total. The summed E-state index contributed by atoms with van der Waals surface area (Å²) in [5.41, 5.74) is 1.18. The number of para-hydroxylation sites is 1. The normalized spacial score (nSPS) is 11.9. The SMILES string of the molecule is O=S(=O)(O)c1ccc2c(c1)cc(S(=O)(=O)O)c1oc(-c3ccnc4ccccc34)nc12.[Na].[Na]. The molecule has 0 fully saturated rings. The van der Waals surface area contributed by atoms with Gasteiger partial charge in [-0.15, -0.1) is 0 Å². The predicted molar refractivity (Wildman–Crippen MR) is 123 cm³/mol. The molecule has 0 amide bonds. The van der Waals surface area contributed by atoms with E-state index in [1.54, 1.807) is 18.3 Å². The van der Waals surface area contributed by atoms with Crippen LogP contribution in [0.5, 0.6) is 0 Å². The average Bonchev–Trinajstić information content (AvgIpc) is 3.16. The van der Waals surface area contributed by atoms with Crippen LogP contribution in [0.15, 0.2) is 75.0 Å². The molecule has 0 aliphatic rings. The Hall–Kier alpha value is -1.38. The van der Waals surface area contributed by atoms with Crippen molar-refractivity contribution in [3.63, 3.8) is 0 Å². The fourth-order valence-corrected chi connectivity index (χ4v) is 4.67. The number of benzene rings is 3. The van der Waals surface area contributed by atoms with Crippen molar-refractivity contribution in [2.45, 2.75) is 9.79 Å². The fraction of sp³-hybridized carbons (Fsp3) is 0. The molecule has 0 atom stereocenters. The van der Waals surface area contributed by atoms with Gasteiger partial charge in [0.1, 0.15) is 10.4 Å². The molecule has 0 spiro atoms. The maximum atomic E-state index is 12.0. The van der Waals surface area contributed by atoms with Gasteiger partial charge in [-0.25, -0.2) is 4.98 Å². The molecule has 2 N–H and O–H groups in total. The Kier molecular flexibility index (Phi) is 7.43. The van der Waals surface area contributed by atoms with Gasteiger partial charge in [0.05, 0.1) is 10.4 Å². The molecule has 0 saturated carbocycles. The van der Waals surface area contributed by atoms with Crippen LogP contribution >= 0.6 is 0 Å². The first-order valence-electron chi connectivity index (χ1n) is 8.79. The van der Waals surface area contributed by atoms with E-state index in [1.807, 2.05) is 18.2 Å². The Morgan fingerprint density at radius 3 is 2.24 bits per heavy atom. The number of oxazole rings is 1. The first-order chi connectivity index (χ1) is 14.6. The summed E-state index contributed by atoms with van der Waals surface area (Å²) in [4.78, 5) is 7.72. The van der Waals surface area contributed by atoms with Gasteiger partial charge in [0.15, 0.2) is 5.58 Å². The molecule has 158 valence electrons. The third-order valence-corrected chi connectivity index (χ3v) is 6.58. The number of hydrogen-bond acceptors (Lipinski definition) is 7. The summed E-state index contributed by atoms with van der Waals surface area (Å²) in [5.74, 6) is 0.102. The molecule has 2 radical (unpaired) electrons. The number of aromatic nitrogens is 2. The van der Waals surface area contributed by atoms with E-state index < -0.39 is 30.0 Å². The minimum absolute atomic E-state index is 0. The first kappa shape index (κ1) is 26.2. The van der Waals surface area contributed by atoms with Crippen molar-refractivity contribution in [1.29, 1.82) is 0 Å². The van der Waals surface area contributed by atoms with Crippen molar-refractivity contribution in [3.05, 3.63) is 60.8 Å². The summed E-state index contributed by atoms with van der Waals surface area (Å²) in [6.45, 7) is 0. The van der Waals surface area contributed by atoms with Gasteiger partial charge in [0.25, 0.3) is 20.2 Å². The quantitative estimate of drug-likeness (QED) is 0.281. The second-order valence-corrected chi connectivity index (χ2v) is 9.59. The molecule has 3 aromatic carbocycles. The van der Waals surface area contributed by atoms with Crippen molar-refractivity contribution in [3.8, 4) is 11.5 Å². The molecule has 0 aliphatic carbocycles. The second-order valence-electron chi connectivity index (χ2n) is 6.78. The van der Waals surface area contributed by atoms with Crippen LogP contribution < -0.4 is 0 Å². The van der Waals surface area contributed by atoms with Crippen LogP contribution in [0.25, 0.3) is 44.2 Å². The van der Waals surface area contributed by atoms with Crippen molar-refractivity contribution in [2.24, 2.45) is 0 Å². The molecule has 33 heavy (non-hydrogen) atoms. The molecule has 5 rings (SSSR count). The van der Waals surface area contributed by atoms with Crippen molar-refractivity contribution >= 4 is 112 Å². The summed E-state index contributed by atoms with van der Waals surface area (Å²) in [5, 5.41) is 1.24. The van der Waals surface area contributed by atoms with Crippen molar-refractivity contribution in [2.75, 3.05) is 0 Å². The number of rotatable bonds is 3. The monoisotopic (exact) mass is 502 g/mol. The van der Waals surface area contributed by atoms with Crippen molar-refractivity contribution < 1.29 is 30.4 Å². The third-order valence-electron chi connectivity index (χ3n) is 4.87. The van der Waals surface area contributed by atoms with Crippen LogP contribution in [0.4, 0.5) is 0 Å². The molecule has 5 aromatic rings. The minimum atomic E-state index is -4.74. The molecule has 2 aromatic heterocycles. The molecular weight excluding hydrogens is 490 g/mol. The van der Waals surface area contributed by atoms with Gasteiger partial charge in [-0.2, -0.15) is 16.8 Å². The standard InChI is InChI=1S/C20H12N2O7S2.2Na/c23-30(24,25)12-5-6-13-11(9-12)10-17(31(26,27)28)19-18(13)22-20(29-19)15-7-8-21-16-4-2-1-3-14(15)16;;/h1-10H,(H,23,24,25)(H,26,27,28);;. The molecule has 0 unspecified atom stereocenters. The van der Waals surface area contributed by atoms with Crippen LogP contribution in [-0.4, -0.2) is 95.0 Å². The van der Waals surface area contributed by atoms with Gasteiger partial charge in [-0.3, -0.25) is 14.1 Å². The summed E-state index contributed by atoms with van der Waals surface area (Å²) in [6, 6.07) is 13.6. The number of fused-ring (bicyclic) bond motifs is 4. The Balaban J connectivity index is 0.00000153. The van der Waals surface area contributed by atoms with E-state index in [1.165, 1.54) is 12.1 Å². The Morgan fingerprint density at radius 1 is 0.818 bits per heavy atom. The predicted octanol–water partition coefficient (Wildman–Crippen LogP) is 2.93. The zero-order valence-corrected chi connectivity index (χ0v) is 23.1. The van der Waals surface area contributed by atoms with E-state index in [9.17, 15) is 25.9 Å². The van der Waals surface area contributed by atoms with E-state index in [0.717, 1.165) is 17.5 Å². The smallest absolute Gasteiger partial charge is 0.298 e. The van der Waals surface area contributed by atoms with Crippen LogP contribution in [-0.2, 0) is 20.2 Å². The largest absolute Gasteiger partial charge is 0.435 e.